The van der Waals surface area contributed by atoms with Crippen LogP contribution in [0.1, 0.15) is 30.1 Å². The van der Waals surface area contributed by atoms with Gasteiger partial charge >= 0.3 is 0 Å². The van der Waals surface area contributed by atoms with E-state index in [0.29, 0.717) is 26.0 Å². The average molecular weight is 425 g/mol. The molecule has 1 saturated heterocycles. The highest BCUT2D eigenvalue weighted by Crippen LogP contribution is 2.21. The number of hydrogen-bond acceptors (Lipinski definition) is 6. The van der Waals surface area contributed by atoms with Gasteiger partial charge in [-0.1, -0.05) is 30.9 Å². The molecule has 2 aliphatic heterocycles. The van der Waals surface area contributed by atoms with E-state index < -0.39 is 6.04 Å². The fourth-order valence-electron chi connectivity index (χ4n) is 3.98. The summed E-state index contributed by atoms with van der Waals surface area (Å²) in [6, 6.07) is 7.63. The molecule has 9 nitrogen and oxygen atoms in total. The Kier molecular flexibility index (Phi) is 6.61. The summed E-state index contributed by atoms with van der Waals surface area (Å²) in [4.78, 5) is 26.0. The summed E-state index contributed by atoms with van der Waals surface area (Å²) in [7, 11) is 0. The maximum absolute atomic E-state index is 12.3. The molecule has 2 amide bonds. The van der Waals surface area contributed by atoms with Crippen LogP contribution >= 0.6 is 0 Å². The van der Waals surface area contributed by atoms with Gasteiger partial charge in [-0.15, -0.1) is 10.2 Å². The number of rotatable bonds is 8. The Hall–Kier alpha value is -3.20. The maximum Gasteiger partial charge on any atom is 0.242 e. The number of carbonyl (C=O) groups is 2. The van der Waals surface area contributed by atoms with Gasteiger partial charge in [-0.25, -0.2) is 0 Å². The van der Waals surface area contributed by atoms with E-state index in [9.17, 15) is 9.59 Å². The van der Waals surface area contributed by atoms with E-state index >= 15 is 0 Å². The molecule has 3 heterocycles. The topological polar surface area (TPSA) is 101 Å². The van der Waals surface area contributed by atoms with Crippen molar-refractivity contribution in [3.8, 4) is 5.75 Å². The van der Waals surface area contributed by atoms with Gasteiger partial charge < -0.3 is 19.9 Å². The number of ether oxygens (including phenoxy) is 1. The number of fused-ring (bicyclic) bond motifs is 1. The van der Waals surface area contributed by atoms with Crippen molar-refractivity contribution in [1.29, 1.82) is 0 Å². The molecular weight excluding hydrogens is 396 g/mol. The third kappa shape index (κ3) is 5.11. The Morgan fingerprint density at radius 2 is 2.13 bits per heavy atom. The lowest BCUT2D eigenvalue weighted by molar-refractivity contribution is -0.125. The largest absolute Gasteiger partial charge is 0.489 e. The average Bonchev–Trinajstić information content (AvgIpc) is 3.33. The number of nitrogens with one attached hydrogen (secondary N) is 2. The van der Waals surface area contributed by atoms with Crippen LogP contribution in [0.3, 0.4) is 0 Å². The molecule has 9 heteroatoms. The quantitative estimate of drug-likeness (QED) is 0.608. The van der Waals surface area contributed by atoms with Crippen molar-refractivity contribution in [1.82, 2.24) is 30.3 Å². The molecule has 4 rings (SSSR count). The van der Waals surface area contributed by atoms with E-state index in [1.54, 1.807) is 6.08 Å². The van der Waals surface area contributed by atoms with Crippen molar-refractivity contribution in [3.63, 3.8) is 0 Å². The maximum atomic E-state index is 12.3. The number of nitrogens with zero attached hydrogens (tertiary/aromatic N) is 4. The molecule has 1 aromatic carbocycles. The summed E-state index contributed by atoms with van der Waals surface area (Å²) >= 11 is 0. The highest BCUT2D eigenvalue weighted by atomic mass is 16.5. The first-order chi connectivity index (χ1) is 15.1. The molecule has 0 saturated carbocycles. The molecule has 2 aliphatic rings. The van der Waals surface area contributed by atoms with E-state index in [-0.39, 0.29) is 11.8 Å². The highest BCUT2D eigenvalue weighted by Gasteiger charge is 2.27. The summed E-state index contributed by atoms with van der Waals surface area (Å²) in [5.74, 6) is 2.30. The minimum Gasteiger partial charge on any atom is -0.489 e. The van der Waals surface area contributed by atoms with Crippen molar-refractivity contribution in [2.75, 3.05) is 19.7 Å². The van der Waals surface area contributed by atoms with Crippen molar-refractivity contribution in [2.45, 2.75) is 44.9 Å². The molecule has 31 heavy (non-hydrogen) atoms. The van der Waals surface area contributed by atoms with Crippen molar-refractivity contribution in [2.24, 2.45) is 0 Å². The van der Waals surface area contributed by atoms with Gasteiger partial charge in [0.1, 0.15) is 24.2 Å². The van der Waals surface area contributed by atoms with Crippen LogP contribution in [0.15, 0.2) is 36.9 Å². The smallest absolute Gasteiger partial charge is 0.242 e. The molecule has 1 fully saturated rings. The van der Waals surface area contributed by atoms with Gasteiger partial charge in [-0.3, -0.25) is 14.5 Å². The van der Waals surface area contributed by atoms with Crippen LogP contribution in [0, 0.1) is 0 Å². The van der Waals surface area contributed by atoms with Gasteiger partial charge in [-0.05, 0) is 12.5 Å². The lowest BCUT2D eigenvalue weighted by atomic mass is 10.2. The molecule has 164 valence electrons. The number of aromatic nitrogens is 3. The molecule has 0 radical (unpaired) electrons. The number of benzene rings is 1. The van der Waals surface area contributed by atoms with Gasteiger partial charge in [0.05, 0.1) is 6.54 Å². The van der Waals surface area contributed by atoms with Crippen LogP contribution < -0.4 is 15.4 Å². The second-order valence-electron chi connectivity index (χ2n) is 7.79. The molecule has 0 bridgehead atoms. The molecule has 1 aromatic heterocycles. The normalized spacial score (nSPS) is 18.7. The molecule has 0 aliphatic carbocycles. The SMILES string of the molecule is C=CCOc1ccccc1CN1CCc2nnc(CNC(=O)C3CCC(=O)N3)n2CC1. The van der Waals surface area contributed by atoms with E-state index in [1.165, 1.54) is 0 Å². The molecule has 2 N–H and O–H groups in total. The second-order valence-corrected chi connectivity index (χ2v) is 7.79. The molecule has 1 atom stereocenters. The van der Waals surface area contributed by atoms with Gasteiger partial charge in [-0.2, -0.15) is 0 Å². The number of amides is 2. The monoisotopic (exact) mass is 424 g/mol. The summed E-state index contributed by atoms with van der Waals surface area (Å²) in [6.07, 6.45) is 3.47. The minimum atomic E-state index is -0.446. The van der Waals surface area contributed by atoms with Crippen LogP contribution in [0.4, 0.5) is 0 Å². The van der Waals surface area contributed by atoms with Crippen LogP contribution in [0.25, 0.3) is 0 Å². The highest BCUT2D eigenvalue weighted by molar-refractivity contribution is 5.90. The lowest BCUT2D eigenvalue weighted by Crippen LogP contribution is -2.41. The van der Waals surface area contributed by atoms with E-state index in [1.807, 2.05) is 18.2 Å². The summed E-state index contributed by atoms with van der Waals surface area (Å²) in [5, 5.41) is 14.2. The third-order valence-electron chi connectivity index (χ3n) is 5.65. The Labute approximate surface area is 181 Å². The zero-order chi connectivity index (χ0) is 21.6. The zero-order valence-electron chi connectivity index (χ0n) is 17.5. The number of hydrogen-bond donors (Lipinski definition) is 2. The Bertz CT molecular complexity index is 956. The predicted octanol–water partition coefficient (Wildman–Crippen LogP) is 0.796. The molecule has 1 unspecified atom stereocenters. The van der Waals surface area contributed by atoms with Crippen molar-refractivity contribution in [3.05, 3.63) is 54.1 Å². The number of para-hydroxylation sites is 1. The first-order valence-corrected chi connectivity index (χ1v) is 10.7. The molecular formula is C22H28N6O3. The summed E-state index contributed by atoms with van der Waals surface area (Å²) in [6.45, 7) is 7.76. The van der Waals surface area contributed by atoms with Crippen LogP contribution in [-0.2, 0) is 35.6 Å². The van der Waals surface area contributed by atoms with E-state index in [0.717, 1.165) is 55.6 Å². The van der Waals surface area contributed by atoms with Gasteiger partial charge in [0.2, 0.25) is 11.8 Å². The first-order valence-electron chi connectivity index (χ1n) is 10.7. The van der Waals surface area contributed by atoms with Crippen molar-refractivity contribution < 1.29 is 14.3 Å². The van der Waals surface area contributed by atoms with Gasteiger partial charge in [0.25, 0.3) is 0 Å². The Balaban J connectivity index is 1.34. The minimum absolute atomic E-state index is 0.0759. The van der Waals surface area contributed by atoms with E-state index in [2.05, 4.69) is 42.9 Å². The lowest BCUT2D eigenvalue weighted by Gasteiger charge is -2.21. The van der Waals surface area contributed by atoms with Gasteiger partial charge in [0.15, 0.2) is 5.82 Å². The zero-order valence-corrected chi connectivity index (χ0v) is 17.5. The summed E-state index contributed by atoms with van der Waals surface area (Å²) < 4.78 is 7.88. The number of carbonyl (C=O) groups excluding carboxylic acids is 2. The standard InChI is InChI=1S/C22H28N6O3/c1-2-13-31-18-6-4-3-5-16(18)15-27-10-9-19-25-26-20(28(19)12-11-27)14-23-22(30)17-7-8-21(29)24-17/h2-6,17H,1,7-15H2,(H,23,30)(H,24,29). The second kappa shape index (κ2) is 9.74. The fourth-order valence-corrected chi connectivity index (χ4v) is 3.98. The Morgan fingerprint density at radius 1 is 1.26 bits per heavy atom. The van der Waals surface area contributed by atoms with Gasteiger partial charge in [0, 0.05) is 44.6 Å². The predicted molar refractivity (Wildman–Crippen MR) is 114 cm³/mol. The fraction of sp³-hybridized carbons (Fsp3) is 0.455. The first kappa shape index (κ1) is 21.0. The Morgan fingerprint density at radius 3 is 2.94 bits per heavy atom. The van der Waals surface area contributed by atoms with Crippen LogP contribution in [-0.4, -0.2) is 57.2 Å². The van der Waals surface area contributed by atoms with E-state index in [4.69, 9.17) is 4.74 Å². The molecule has 0 spiro atoms. The van der Waals surface area contributed by atoms with Crippen molar-refractivity contribution >= 4 is 11.8 Å². The molecule has 2 aromatic rings. The summed E-state index contributed by atoms with van der Waals surface area (Å²) in [5.41, 5.74) is 1.15. The third-order valence-corrected chi connectivity index (χ3v) is 5.65. The van der Waals surface area contributed by atoms with Crippen LogP contribution in [0.5, 0.6) is 5.75 Å². The van der Waals surface area contributed by atoms with Crippen LogP contribution in [0.2, 0.25) is 0 Å².